The monoisotopic (exact) mass is 377 g/mol. The summed E-state index contributed by atoms with van der Waals surface area (Å²) >= 11 is 5.95. The maximum atomic E-state index is 12.4. The normalized spacial score (nSPS) is 12.9. The molecule has 0 aliphatic heterocycles. The number of hydrogen-bond donors (Lipinski definition) is 3. The molecule has 1 unspecified atom stereocenters. The summed E-state index contributed by atoms with van der Waals surface area (Å²) in [6.45, 7) is 1.76. The summed E-state index contributed by atoms with van der Waals surface area (Å²) in [5.74, 6) is -0.305. The van der Waals surface area contributed by atoms with E-state index >= 15 is 0 Å². The van der Waals surface area contributed by atoms with Crippen LogP contribution in [0.1, 0.15) is 29.0 Å². The van der Waals surface area contributed by atoms with Gasteiger partial charge in [-0.15, -0.1) is 0 Å². The second-order valence-corrected chi connectivity index (χ2v) is 7.73. The van der Waals surface area contributed by atoms with Gasteiger partial charge < -0.3 is 10.3 Å². The third-order valence-corrected chi connectivity index (χ3v) is 5.01. The molecule has 0 fully saturated rings. The Hall–Kier alpha value is -2.35. The van der Waals surface area contributed by atoms with Crippen LogP contribution in [-0.2, 0) is 10.0 Å². The molecule has 3 aromatic rings. The zero-order chi connectivity index (χ0) is 18.2. The number of sulfonamides is 1. The predicted molar refractivity (Wildman–Crippen MR) is 97.0 cm³/mol. The molecule has 1 heterocycles. The molecule has 8 heteroatoms. The number of rotatable bonds is 4. The highest BCUT2D eigenvalue weighted by Crippen LogP contribution is 2.21. The van der Waals surface area contributed by atoms with E-state index in [1.807, 2.05) is 0 Å². The van der Waals surface area contributed by atoms with Crippen molar-refractivity contribution in [2.24, 2.45) is 5.14 Å². The summed E-state index contributed by atoms with van der Waals surface area (Å²) in [5, 5.41) is 9.39. The summed E-state index contributed by atoms with van der Waals surface area (Å²) in [6, 6.07) is 12.8. The fraction of sp³-hybridized carbons (Fsp3) is 0.118. The number of carbonyl (C=O) groups is 1. The van der Waals surface area contributed by atoms with Gasteiger partial charge in [0.25, 0.3) is 5.91 Å². The quantitative estimate of drug-likeness (QED) is 0.650. The Morgan fingerprint density at radius 2 is 1.96 bits per heavy atom. The third kappa shape index (κ3) is 3.84. The van der Waals surface area contributed by atoms with Gasteiger partial charge in [-0.2, -0.15) is 0 Å². The smallest absolute Gasteiger partial charge is 0.268 e. The predicted octanol–water partition coefficient (Wildman–Crippen LogP) is 2.96. The molecule has 4 N–H and O–H groups in total. The summed E-state index contributed by atoms with van der Waals surface area (Å²) in [5.41, 5.74) is 1.84. The molecule has 0 radical (unpaired) electrons. The molecule has 25 heavy (non-hydrogen) atoms. The summed E-state index contributed by atoms with van der Waals surface area (Å²) in [4.78, 5) is 15.5. The van der Waals surface area contributed by atoms with E-state index in [1.54, 1.807) is 43.3 Å². The average molecular weight is 378 g/mol. The van der Waals surface area contributed by atoms with E-state index in [4.69, 9.17) is 16.7 Å². The van der Waals surface area contributed by atoms with E-state index in [9.17, 15) is 13.2 Å². The second-order valence-electron chi connectivity index (χ2n) is 5.73. The standard InChI is InChI=1S/C17H16ClN3O3S/c1-10(11-3-2-4-14(8-11)25(19,23)24)20-17(22)16-9-12-7-13(18)5-6-15(12)21-16/h2-10,21H,1H3,(H,20,22)(H2,19,23,24). The van der Waals surface area contributed by atoms with Gasteiger partial charge in [-0.05, 0) is 48.9 Å². The van der Waals surface area contributed by atoms with Gasteiger partial charge in [0.15, 0.2) is 0 Å². The van der Waals surface area contributed by atoms with Crippen LogP contribution in [0.15, 0.2) is 53.4 Å². The molecule has 0 aliphatic rings. The molecule has 1 aromatic heterocycles. The number of halogens is 1. The number of hydrogen-bond acceptors (Lipinski definition) is 3. The number of nitrogens with one attached hydrogen (secondary N) is 2. The molecule has 1 amide bonds. The number of fused-ring (bicyclic) bond motifs is 1. The minimum absolute atomic E-state index is 0.00588. The zero-order valence-electron chi connectivity index (χ0n) is 13.3. The Labute approximate surface area is 150 Å². The lowest BCUT2D eigenvalue weighted by Crippen LogP contribution is -2.27. The summed E-state index contributed by atoms with van der Waals surface area (Å²) in [7, 11) is -3.79. The van der Waals surface area contributed by atoms with Crippen LogP contribution in [0.3, 0.4) is 0 Å². The average Bonchev–Trinajstić information content (AvgIpc) is 2.97. The number of primary sulfonamides is 1. The van der Waals surface area contributed by atoms with Crippen molar-refractivity contribution in [2.75, 3.05) is 0 Å². The molecule has 0 aliphatic carbocycles. The van der Waals surface area contributed by atoms with Crippen LogP contribution in [0.5, 0.6) is 0 Å². The Balaban J connectivity index is 1.82. The van der Waals surface area contributed by atoms with Crippen molar-refractivity contribution in [3.63, 3.8) is 0 Å². The molecular formula is C17H16ClN3O3S. The van der Waals surface area contributed by atoms with Crippen LogP contribution in [0.2, 0.25) is 5.02 Å². The Bertz CT molecular complexity index is 1060. The van der Waals surface area contributed by atoms with Crippen molar-refractivity contribution < 1.29 is 13.2 Å². The first-order valence-electron chi connectivity index (χ1n) is 7.46. The van der Waals surface area contributed by atoms with Crippen LogP contribution < -0.4 is 10.5 Å². The first kappa shape index (κ1) is 17.5. The van der Waals surface area contributed by atoms with E-state index in [0.717, 1.165) is 10.9 Å². The molecule has 130 valence electrons. The minimum Gasteiger partial charge on any atom is -0.351 e. The van der Waals surface area contributed by atoms with Gasteiger partial charge in [0.05, 0.1) is 10.9 Å². The van der Waals surface area contributed by atoms with Gasteiger partial charge in [0.1, 0.15) is 5.69 Å². The van der Waals surface area contributed by atoms with Crippen LogP contribution in [0, 0.1) is 0 Å². The van der Waals surface area contributed by atoms with Gasteiger partial charge in [-0.25, -0.2) is 13.6 Å². The Morgan fingerprint density at radius 1 is 1.20 bits per heavy atom. The Kier molecular flexibility index (Phi) is 4.55. The molecule has 0 spiro atoms. The van der Waals surface area contributed by atoms with Crippen LogP contribution in [0.25, 0.3) is 10.9 Å². The molecule has 0 saturated heterocycles. The minimum atomic E-state index is -3.79. The molecular weight excluding hydrogens is 362 g/mol. The number of aromatic nitrogens is 1. The van der Waals surface area contributed by atoms with Gasteiger partial charge in [-0.1, -0.05) is 23.7 Å². The van der Waals surface area contributed by atoms with Crippen molar-refractivity contribution in [2.45, 2.75) is 17.9 Å². The van der Waals surface area contributed by atoms with Crippen molar-refractivity contribution >= 4 is 38.4 Å². The van der Waals surface area contributed by atoms with Gasteiger partial charge in [0.2, 0.25) is 10.0 Å². The van der Waals surface area contributed by atoms with E-state index in [-0.39, 0.29) is 10.8 Å². The first-order chi connectivity index (χ1) is 11.7. The number of nitrogens with two attached hydrogens (primary N) is 1. The highest BCUT2D eigenvalue weighted by Gasteiger charge is 2.16. The fourth-order valence-corrected chi connectivity index (χ4v) is 3.29. The lowest BCUT2D eigenvalue weighted by Gasteiger charge is -2.14. The highest BCUT2D eigenvalue weighted by molar-refractivity contribution is 7.89. The molecule has 6 nitrogen and oxygen atoms in total. The van der Waals surface area contributed by atoms with E-state index in [0.29, 0.717) is 16.3 Å². The number of aromatic amines is 1. The van der Waals surface area contributed by atoms with E-state index in [2.05, 4.69) is 10.3 Å². The molecule has 0 saturated carbocycles. The second kappa shape index (κ2) is 6.51. The van der Waals surface area contributed by atoms with Crippen LogP contribution in [0.4, 0.5) is 0 Å². The molecule has 1 atom stereocenters. The number of H-pyrrole nitrogens is 1. The number of carbonyl (C=O) groups excluding carboxylic acids is 1. The summed E-state index contributed by atoms with van der Waals surface area (Å²) in [6.07, 6.45) is 0. The number of amides is 1. The van der Waals surface area contributed by atoms with Gasteiger partial charge in [-0.3, -0.25) is 4.79 Å². The zero-order valence-corrected chi connectivity index (χ0v) is 14.9. The molecule has 2 aromatic carbocycles. The lowest BCUT2D eigenvalue weighted by molar-refractivity contribution is 0.0935. The third-order valence-electron chi connectivity index (χ3n) is 3.86. The van der Waals surface area contributed by atoms with E-state index in [1.165, 1.54) is 12.1 Å². The fourth-order valence-electron chi connectivity index (χ4n) is 2.54. The van der Waals surface area contributed by atoms with Crippen molar-refractivity contribution in [3.8, 4) is 0 Å². The van der Waals surface area contributed by atoms with Crippen molar-refractivity contribution in [1.82, 2.24) is 10.3 Å². The molecule has 0 bridgehead atoms. The Morgan fingerprint density at radius 3 is 2.68 bits per heavy atom. The van der Waals surface area contributed by atoms with E-state index < -0.39 is 16.1 Å². The maximum absolute atomic E-state index is 12.4. The van der Waals surface area contributed by atoms with Crippen LogP contribution >= 0.6 is 11.6 Å². The van der Waals surface area contributed by atoms with Crippen LogP contribution in [-0.4, -0.2) is 19.3 Å². The summed E-state index contributed by atoms with van der Waals surface area (Å²) < 4.78 is 22.9. The van der Waals surface area contributed by atoms with Gasteiger partial charge in [0, 0.05) is 15.9 Å². The van der Waals surface area contributed by atoms with Crippen molar-refractivity contribution in [3.05, 3.63) is 64.8 Å². The van der Waals surface area contributed by atoms with Gasteiger partial charge >= 0.3 is 0 Å². The number of benzene rings is 2. The molecule has 3 rings (SSSR count). The highest BCUT2D eigenvalue weighted by atomic mass is 35.5. The maximum Gasteiger partial charge on any atom is 0.268 e. The topological polar surface area (TPSA) is 105 Å². The SMILES string of the molecule is CC(NC(=O)c1cc2cc(Cl)ccc2[nH]1)c1cccc(S(N)(=O)=O)c1. The lowest BCUT2D eigenvalue weighted by atomic mass is 10.1. The first-order valence-corrected chi connectivity index (χ1v) is 9.38. The largest absolute Gasteiger partial charge is 0.351 e. The van der Waals surface area contributed by atoms with Crippen molar-refractivity contribution in [1.29, 1.82) is 0 Å².